The zero-order chi connectivity index (χ0) is 16.4. The maximum atomic E-state index is 11.8. The number of carbonyl (C=O) groups is 2. The van der Waals surface area contributed by atoms with Crippen LogP contribution < -0.4 is 63.9 Å². The summed E-state index contributed by atoms with van der Waals surface area (Å²) in [5.74, 6) is -2.04. The molecule has 116 valence electrons. The van der Waals surface area contributed by atoms with Crippen LogP contribution in [-0.2, 0) is 9.59 Å². The minimum atomic E-state index is -0.905. The predicted molar refractivity (Wildman–Crippen MR) is 81.8 cm³/mol. The Morgan fingerprint density at radius 2 is 1.82 bits per heavy atom. The molecule has 0 heterocycles. The van der Waals surface area contributed by atoms with E-state index in [1.54, 1.807) is 19.9 Å². The molecule has 1 aromatic rings. The average Bonchev–Trinajstić information content (AvgIpc) is 2.29. The quantitative estimate of drug-likeness (QED) is 0.681. The molecule has 3 N–H and O–H groups in total. The third-order valence-electron chi connectivity index (χ3n) is 3.92. The minimum absolute atomic E-state index is 0. The predicted octanol–water partition coefficient (Wildman–Crippen LogP) is -0.105. The molecule has 0 aromatic heterocycles. The summed E-state index contributed by atoms with van der Waals surface area (Å²) in [5, 5.41) is 9.64. The van der Waals surface area contributed by atoms with Gasteiger partial charge in [-0.05, 0) is 11.8 Å². The molecule has 4 nitrogen and oxygen atoms in total. The topological polar surface area (TPSA) is 80.4 Å². The van der Waals surface area contributed by atoms with Crippen LogP contribution in [0.1, 0.15) is 51.2 Å². The van der Waals surface area contributed by atoms with Crippen LogP contribution in [0.2, 0.25) is 0 Å². The van der Waals surface area contributed by atoms with Gasteiger partial charge in [-0.1, -0.05) is 34.6 Å². The second-order valence-electron chi connectivity index (χ2n) is 6.99. The van der Waals surface area contributed by atoms with Crippen LogP contribution in [0, 0.1) is 23.8 Å². The minimum Gasteiger partial charge on any atom is -0.482 e. The third kappa shape index (κ3) is 5.55. The molecule has 22 heavy (non-hydrogen) atoms. The average molecular weight is 376 g/mol. The number of rotatable bonds is 6. The normalized spacial score (nSPS) is 13.1. The molecule has 0 fully saturated rings. The maximum absolute atomic E-state index is 11.8. The van der Waals surface area contributed by atoms with Gasteiger partial charge in [-0.25, -0.2) is 0 Å². The van der Waals surface area contributed by atoms with Gasteiger partial charge in [0.15, 0.2) is 0 Å². The van der Waals surface area contributed by atoms with Crippen LogP contribution in [0.5, 0.6) is 0 Å². The Bertz CT molecular complexity index is 535. The van der Waals surface area contributed by atoms with Gasteiger partial charge in [0.25, 0.3) is 5.97 Å². The Hall–Kier alpha value is -0.0348. The SMILES string of the molecule is Cc1[c-]cc(C(C(=O)O)C(C)(C)CC(C)(C)C(N)=O)cc1.[Rb+]. The van der Waals surface area contributed by atoms with Crippen molar-refractivity contribution in [3.63, 3.8) is 0 Å². The molecule has 0 radical (unpaired) electrons. The molecular weight excluding hydrogens is 352 g/mol. The fourth-order valence-corrected chi connectivity index (χ4v) is 2.95. The molecule has 0 saturated carbocycles. The molecule has 1 unspecified atom stereocenters. The van der Waals surface area contributed by atoms with E-state index >= 15 is 0 Å². The molecule has 1 amide bonds. The third-order valence-corrected chi connectivity index (χ3v) is 3.92. The number of carboxylic acids is 1. The van der Waals surface area contributed by atoms with E-state index in [2.05, 4.69) is 6.07 Å². The van der Waals surface area contributed by atoms with E-state index in [1.807, 2.05) is 32.9 Å². The number of hydrogen-bond acceptors (Lipinski definition) is 2. The van der Waals surface area contributed by atoms with E-state index in [9.17, 15) is 14.7 Å². The Labute approximate surface area is 181 Å². The first-order chi connectivity index (χ1) is 9.47. The van der Waals surface area contributed by atoms with E-state index in [0.29, 0.717) is 12.0 Å². The summed E-state index contributed by atoms with van der Waals surface area (Å²) in [6, 6.07) is 8.41. The van der Waals surface area contributed by atoms with E-state index in [1.165, 1.54) is 0 Å². The summed E-state index contributed by atoms with van der Waals surface area (Å²) < 4.78 is 0. The summed E-state index contributed by atoms with van der Waals surface area (Å²) in [6.07, 6.45) is 0.389. The molecule has 1 aromatic carbocycles. The zero-order valence-corrected chi connectivity index (χ0v) is 19.3. The van der Waals surface area contributed by atoms with Gasteiger partial charge in [-0.2, -0.15) is 29.8 Å². The molecule has 0 aliphatic heterocycles. The number of carbonyl (C=O) groups excluding carboxylic acids is 1. The van der Waals surface area contributed by atoms with Crippen molar-refractivity contribution < 1.29 is 72.9 Å². The molecule has 5 heteroatoms. The van der Waals surface area contributed by atoms with Gasteiger partial charge in [0.1, 0.15) is 0 Å². The van der Waals surface area contributed by atoms with Crippen LogP contribution in [0.3, 0.4) is 0 Å². The molecular formula is C17H24NO3Rb. The monoisotopic (exact) mass is 375 g/mol. The fourth-order valence-electron chi connectivity index (χ4n) is 2.95. The first-order valence-electron chi connectivity index (χ1n) is 6.98. The summed E-state index contributed by atoms with van der Waals surface area (Å²) in [7, 11) is 0. The molecule has 0 spiro atoms. The number of carboxylic acid groups (broad SMARTS) is 1. The summed E-state index contributed by atoms with van der Waals surface area (Å²) in [4.78, 5) is 23.3. The van der Waals surface area contributed by atoms with Crippen LogP contribution in [0.25, 0.3) is 0 Å². The van der Waals surface area contributed by atoms with Crippen molar-refractivity contribution in [3.8, 4) is 0 Å². The molecule has 0 bridgehead atoms. The molecule has 1 atom stereocenters. The van der Waals surface area contributed by atoms with Crippen LogP contribution in [-0.4, -0.2) is 17.0 Å². The number of amides is 1. The standard InChI is InChI=1S/C17H24NO3.Rb/c1-11-6-8-12(9-7-11)13(14(19)20)16(2,3)10-17(4,5)15(18)21;/h6,8-9,13H,10H2,1-5H3,(H2,18,21)(H,19,20);/q-1;+1. The number of aryl methyl sites for hydroxylation is 1. The number of primary amides is 1. The molecule has 0 aliphatic carbocycles. The van der Waals surface area contributed by atoms with Crippen molar-refractivity contribution in [2.45, 2.75) is 47.0 Å². The Kier molecular flexibility index (Phi) is 8.17. The summed E-state index contributed by atoms with van der Waals surface area (Å²) in [6.45, 7) is 9.11. The van der Waals surface area contributed by atoms with Gasteiger partial charge in [-0.3, -0.25) is 9.59 Å². The van der Waals surface area contributed by atoms with Crippen molar-refractivity contribution in [2.24, 2.45) is 16.6 Å². The zero-order valence-electron chi connectivity index (χ0n) is 14.4. The Morgan fingerprint density at radius 3 is 2.18 bits per heavy atom. The van der Waals surface area contributed by atoms with Crippen molar-refractivity contribution in [2.75, 3.05) is 0 Å². The van der Waals surface area contributed by atoms with Crippen molar-refractivity contribution in [1.29, 1.82) is 0 Å². The van der Waals surface area contributed by atoms with Crippen LogP contribution >= 0.6 is 0 Å². The van der Waals surface area contributed by atoms with E-state index < -0.39 is 28.6 Å². The number of nitrogens with two attached hydrogens (primary N) is 1. The Balaban J connectivity index is 0.00000441. The summed E-state index contributed by atoms with van der Waals surface area (Å²) >= 11 is 0. The molecule has 1 rings (SSSR count). The fraction of sp³-hybridized carbons (Fsp3) is 0.529. The second kappa shape index (κ2) is 8.18. The first kappa shape index (κ1) is 22.0. The number of benzene rings is 1. The van der Waals surface area contributed by atoms with Crippen LogP contribution in [0.4, 0.5) is 0 Å². The van der Waals surface area contributed by atoms with Crippen molar-refractivity contribution >= 4 is 11.9 Å². The van der Waals surface area contributed by atoms with E-state index in [-0.39, 0.29) is 58.2 Å². The first-order valence-corrected chi connectivity index (χ1v) is 6.98. The van der Waals surface area contributed by atoms with Gasteiger partial charge < -0.3 is 10.8 Å². The molecule has 0 aliphatic rings. The second-order valence-corrected chi connectivity index (χ2v) is 6.99. The number of aliphatic carboxylic acids is 1. The van der Waals surface area contributed by atoms with Gasteiger partial charge in [0.05, 0.1) is 0 Å². The van der Waals surface area contributed by atoms with Gasteiger partial charge in [0.2, 0.25) is 5.91 Å². The van der Waals surface area contributed by atoms with Gasteiger partial charge in [-0.15, -0.1) is 5.56 Å². The molecule has 0 saturated heterocycles. The van der Waals surface area contributed by atoms with E-state index in [0.717, 1.165) is 5.56 Å². The van der Waals surface area contributed by atoms with Crippen molar-refractivity contribution in [1.82, 2.24) is 0 Å². The van der Waals surface area contributed by atoms with Gasteiger partial charge in [0, 0.05) is 11.3 Å². The number of hydrogen-bond donors (Lipinski definition) is 2. The largest absolute Gasteiger partial charge is 1.00 e. The van der Waals surface area contributed by atoms with E-state index in [4.69, 9.17) is 5.73 Å². The smallest absolute Gasteiger partial charge is 0.482 e. The summed E-state index contributed by atoms with van der Waals surface area (Å²) in [5.41, 5.74) is 5.69. The van der Waals surface area contributed by atoms with Gasteiger partial charge >= 0.3 is 58.2 Å². The van der Waals surface area contributed by atoms with Crippen molar-refractivity contribution in [3.05, 3.63) is 35.4 Å². The Morgan fingerprint density at radius 1 is 1.27 bits per heavy atom. The van der Waals surface area contributed by atoms with Crippen LogP contribution in [0.15, 0.2) is 18.2 Å². The maximum Gasteiger partial charge on any atom is 1.00 e.